The Labute approximate surface area is 162 Å². The van der Waals surface area contributed by atoms with Gasteiger partial charge in [0.1, 0.15) is 17.7 Å². The van der Waals surface area contributed by atoms with Gasteiger partial charge in [0.05, 0.1) is 6.54 Å². The average Bonchev–Trinajstić information content (AvgIpc) is 2.56. The van der Waals surface area contributed by atoms with Crippen LogP contribution < -0.4 is 15.4 Å². The van der Waals surface area contributed by atoms with Gasteiger partial charge in [0, 0.05) is 20.1 Å². The van der Waals surface area contributed by atoms with Crippen LogP contribution in [0.5, 0.6) is 5.75 Å². The van der Waals surface area contributed by atoms with E-state index in [2.05, 4.69) is 34.4 Å². The molecule has 1 rings (SSSR count). The van der Waals surface area contributed by atoms with E-state index in [0.29, 0.717) is 12.3 Å². The molecule has 0 aliphatic carbocycles. The maximum absolute atomic E-state index is 12.9. The highest BCUT2D eigenvalue weighted by Crippen LogP contribution is 2.12. The van der Waals surface area contributed by atoms with E-state index in [1.165, 1.54) is 12.1 Å². The molecular weight excluding hydrogens is 422 g/mol. The molecule has 0 aromatic heterocycles. The van der Waals surface area contributed by atoms with Crippen molar-refractivity contribution in [1.29, 1.82) is 0 Å². The van der Waals surface area contributed by atoms with E-state index >= 15 is 0 Å². The average molecular weight is 452 g/mol. The first-order valence-electron chi connectivity index (χ1n) is 8.18. The summed E-state index contributed by atoms with van der Waals surface area (Å²) in [6.45, 7) is 10.8. The fourth-order valence-corrected chi connectivity index (χ4v) is 2.12. The summed E-state index contributed by atoms with van der Waals surface area (Å²) in [5.74, 6) is 1.15. The predicted molar refractivity (Wildman–Crippen MR) is 109 cm³/mol. The number of likely N-dealkylation sites (N-methyl/N-ethyl adjacent to an activating group) is 1. The van der Waals surface area contributed by atoms with Gasteiger partial charge in [0.15, 0.2) is 5.96 Å². The summed E-state index contributed by atoms with van der Waals surface area (Å²) in [5.41, 5.74) is 0. The standard InChI is InChI=1S/C17H29FN4O.HI/c1-5-22(6-2)12-11-20-17(19-4)21-13-14(3)23-16-9-7-15(18)8-10-16;/h7-10,14H,5-6,11-13H2,1-4H3,(H2,19,20,21);1H. The van der Waals surface area contributed by atoms with Crippen molar-refractivity contribution >= 4 is 29.9 Å². The summed E-state index contributed by atoms with van der Waals surface area (Å²) in [6, 6.07) is 6.04. The maximum atomic E-state index is 12.9. The van der Waals surface area contributed by atoms with E-state index in [4.69, 9.17) is 4.74 Å². The summed E-state index contributed by atoms with van der Waals surface area (Å²) in [7, 11) is 1.75. The zero-order valence-corrected chi connectivity index (χ0v) is 17.3. The fraction of sp³-hybridized carbons (Fsp3) is 0.588. The van der Waals surface area contributed by atoms with Gasteiger partial charge in [-0.3, -0.25) is 4.99 Å². The molecule has 1 aromatic carbocycles. The first-order valence-corrected chi connectivity index (χ1v) is 8.18. The zero-order chi connectivity index (χ0) is 17.1. The molecule has 0 saturated carbocycles. The minimum Gasteiger partial charge on any atom is -0.489 e. The van der Waals surface area contributed by atoms with Crippen molar-refractivity contribution in [1.82, 2.24) is 15.5 Å². The number of halogens is 2. The van der Waals surface area contributed by atoms with Crippen LogP contribution in [0.3, 0.4) is 0 Å². The Morgan fingerprint density at radius 3 is 2.38 bits per heavy atom. The molecule has 0 aliphatic rings. The van der Waals surface area contributed by atoms with Gasteiger partial charge in [-0.1, -0.05) is 13.8 Å². The molecule has 0 amide bonds. The highest BCUT2D eigenvalue weighted by Gasteiger charge is 2.06. The van der Waals surface area contributed by atoms with Gasteiger partial charge in [-0.25, -0.2) is 4.39 Å². The van der Waals surface area contributed by atoms with Crippen molar-refractivity contribution in [2.24, 2.45) is 4.99 Å². The van der Waals surface area contributed by atoms with E-state index in [1.807, 2.05) is 6.92 Å². The van der Waals surface area contributed by atoms with Gasteiger partial charge in [0.25, 0.3) is 0 Å². The third-order valence-electron chi connectivity index (χ3n) is 3.55. The van der Waals surface area contributed by atoms with E-state index in [1.54, 1.807) is 19.2 Å². The number of aliphatic imine (C=N–C) groups is 1. The van der Waals surface area contributed by atoms with Gasteiger partial charge in [-0.2, -0.15) is 0 Å². The monoisotopic (exact) mass is 452 g/mol. The number of ether oxygens (including phenoxy) is 1. The number of guanidine groups is 1. The number of nitrogens with one attached hydrogen (secondary N) is 2. The topological polar surface area (TPSA) is 48.9 Å². The van der Waals surface area contributed by atoms with Crippen molar-refractivity contribution in [3.63, 3.8) is 0 Å². The maximum Gasteiger partial charge on any atom is 0.191 e. The van der Waals surface area contributed by atoms with Gasteiger partial charge in [-0.15, -0.1) is 24.0 Å². The van der Waals surface area contributed by atoms with Crippen LogP contribution in [0.25, 0.3) is 0 Å². The molecule has 0 bridgehead atoms. The third-order valence-corrected chi connectivity index (χ3v) is 3.55. The number of benzene rings is 1. The largest absolute Gasteiger partial charge is 0.489 e. The quantitative estimate of drug-likeness (QED) is 0.344. The number of hydrogen-bond acceptors (Lipinski definition) is 3. The molecule has 1 atom stereocenters. The Kier molecular flexibility index (Phi) is 12.6. The van der Waals surface area contributed by atoms with Crippen LogP contribution in [0, 0.1) is 5.82 Å². The summed E-state index contributed by atoms with van der Waals surface area (Å²) in [4.78, 5) is 6.55. The molecule has 7 heteroatoms. The molecule has 0 aliphatic heterocycles. The second kappa shape index (κ2) is 13.2. The minimum absolute atomic E-state index is 0. The lowest BCUT2D eigenvalue weighted by Gasteiger charge is -2.20. The first kappa shape index (κ1) is 22.9. The van der Waals surface area contributed by atoms with E-state index in [-0.39, 0.29) is 35.9 Å². The smallest absolute Gasteiger partial charge is 0.191 e. The molecule has 0 spiro atoms. The Hall–Kier alpha value is -1.09. The van der Waals surface area contributed by atoms with Crippen LogP contribution in [0.1, 0.15) is 20.8 Å². The fourth-order valence-electron chi connectivity index (χ4n) is 2.12. The number of rotatable bonds is 9. The van der Waals surface area contributed by atoms with Gasteiger partial charge in [-0.05, 0) is 44.3 Å². The van der Waals surface area contributed by atoms with Crippen LogP contribution >= 0.6 is 24.0 Å². The van der Waals surface area contributed by atoms with Crippen molar-refractivity contribution in [3.05, 3.63) is 30.1 Å². The zero-order valence-electron chi connectivity index (χ0n) is 15.0. The van der Waals surface area contributed by atoms with Gasteiger partial charge in [0.2, 0.25) is 0 Å². The molecule has 0 heterocycles. The van der Waals surface area contributed by atoms with E-state index < -0.39 is 0 Å². The molecule has 1 unspecified atom stereocenters. The summed E-state index contributed by atoms with van der Waals surface area (Å²) >= 11 is 0. The Balaban J connectivity index is 0.00000529. The minimum atomic E-state index is -0.263. The Bertz CT molecular complexity index is 466. The molecule has 24 heavy (non-hydrogen) atoms. The van der Waals surface area contributed by atoms with Crippen LogP contribution in [0.2, 0.25) is 0 Å². The second-order valence-electron chi connectivity index (χ2n) is 5.29. The second-order valence-corrected chi connectivity index (χ2v) is 5.29. The van der Waals surface area contributed by atoms with E-state index in [9.17, 15) is 4.39 Å². The highest BCUT2D eigenvalue weighted by atomic mass is 127. The Morgan fingerprint density at radius 2 is 1.83 bits per heavy atom. The molecule has 0 saturated heterocycles. The normalized spacial score (nSPS) is 12.5. The first-order chi connectivity index (χ1) is 11.1. The van der Waals surface area contributed by atoms with Gasteiger partial charge < -0.3 is 20.3 Å². The predicted octanol–water partition coefficient (Wildman–Crippen LogP) is 2.72. The summed E-state index contributed by atoms with van der Waals surface area (Å²) in [5, 5.41) is 6.52. The number of nitrogens with zero attached hydrogens (tertiary/aromatic N) is 2. The SMILES string of the molecule is CCN(CC)CCNC(=NC)NCC(C)Oc1ccc(F)cc1.I. The van der Waals surface area contributed by atoms with E-state index in [0.717, 1.165) is 32.1 Å². The van der Waals surface area contributed by atoms with Crippen molar-refractivity contribution in [2.75, 3.05) is 39.8 Å². The van der Waals surface area contributed by atoms with Crippen LogP contribution in [-0.4, -0.2) is 56.7 Å². The molecule has 0 fully saturated rings. The summed E-state index contributed by atoms with van der Waals surface area (Å²) < 4.78 is 18.6. The van der Waals surface area contributed by atoms with Crippen molar-refractivity contribution < 1.29 is 9.13 Å². The lowest BCUT2D eigenvalue weighted by Crippen LogP contribution is -2.44. The molecule has 0 radical (unpaired) electrons. The lowest BCUT2D eigenvalue weighted by atomic mass is 10.3. The summed E-state index contributed by atoms with van der Waals surface area (Å²) in [6.07, 6.45) is -0.0539. The molecular formula is C17H30FIN4O. The molecule has 5 nitrogen and oxygen atoms in total. The molecule has 1 aromatic rings. The lowest BCUT2D eigenvalue weighted by molar-refractivity contribution is 0.223. The molecule has 2 N–H and O–H groups in total. The Morgan fingerprint density at radius 1 is 1.21 bits per heavy atom. The third kappa shape index (κ3) is 9.27. The number of hydrogen-bond donors (Lipinski definition) is 2. The van der Waals surface area contributed by atoms with Gasteiger partial charge >= 0.3 is 0 Å². The van der Waals surface area contributed by atoms with Crippen LogP contribution in [-0.2, 0) is 0 Å². The van der Waals surface area contributed by atoms with Crippen molar-refractivity contribution in [2.45, 2.75) is 26.9 Å². The van der Waals surface area contributed by atoms with Crippen LogP contribution in [0.15, 0.2) is 29.3 Å². The highest BCUT2D eigenvalue weighted by molar-refractivity contribution is 14.0. The van der Waals surface area contributed by atoms with Crippen LogP contribution in [0.4, 0.5) is 4.39 Å². The van der Waals surface area contributed by atoms with Crippen molar-refractivity contribution in [3.8, 4) is 5.75 Å². The molecule has 138 valence electrons.